The van der Waals surface area contributed by atoms with Gasteiger partial charge in [-0.1, -0.05) is 0 Å². The minimum atomic E-state index is -3.67. The molecule has 2 heterocycles. The molecule has 1 aromatic rings. The van der Waals surface area contributed by atoms with Gasteiger partial charge < -0.3 is 15.2 Å². The van der Waals surface area contributed by atoms with Crippen LogP contribution in [-0.2, 0) is 19.5 Å². The summed E-state index contributed by atoms with van der Waals surface area (Å²) < 4.78 is 36.7. The molecule has 0 spiro atoms. The fraction of sp³-hybridized carbons (Fsp3) is 0.545. The summed E-state index contributed by atoms with van der Waals surface area (Å²) >= 11 is 0. The van der Waals surface area contributed by atoms with Crippen molar-refractivity contribution in [2.75, 3.05) is 33.0 Å². The number of hydrogen-bond acceptors (Lipinski definition) is 6. The molecule has 1 aliphatic heterocycles. The lowest BCUT2D eigenvalue weighted by Crippen LogP contribution is -2.30. The highest BCUT2D eigenvalue weighted by Gasteiger charge is 2.40. The molecule has 8 heteroatoms. The number of pyridine rings is 1. The molecular weight excluding hydrogens is 270 g/mol. The van der Waals surface area contributed by atoms with Crippen LogP contribution >= 0.6 is 0 Å². The minimum absolute atomic E-state index is 0.0154. The van der Waals surface area contributed by atoms with Gasteiger partial charge in [-0.15, -0.1) is 0 Å². The highest BCUT2D eigenvalue weighted by atomic mass is 32.2. The Morgan fingerprint density at radius 3 is 2.37 bits per heavy atom. The van der Waals surface area contributed by atoms with Gasteiger partial charge in [0, 0.05) is 39.7 Å². The Kier molecular flexibility index (Phi) is 4.04. The van der Waals surface area contributed by atoms with Gasteiger partial charge in [0.25, 0.3) is 0 Å². The predicted molar refractivity (Wildman–Crippen MR) is 69.0 cm³/mol. The Morgan fingerprint density at radius 1 is 1.32 bits per heavy atom. The maximum absolute atomic E-state index is 12.5. The fourth-order valence-corrected chi connectivity index (χ4v) is 3.63. The van der Waals surface area contributed by atoms with Gasteiger partial charge in [-0.25, -0.2) is 8.42 Å². The van der Waals surface area contributed by atoms with E-state index >= 15 is 0 Å². The molecule has 1 saturated heterocycles. The van der Waals surface area contributed by atoms with Crippen molar-refractivity contribution < 1.29 is 17.9 Å². The van der Waals surface area contributed by atoms with Crippen LogP contribution in [0.2, 0.25) is 0 Å². The zero-order valence-electron chi connectivity index (χ0n) is 10.8. The molecule has 0 aliphatic carbocycles. The van der Waals surface area contributed by atoms with E-state index in [4.69, 9.17) is 15.2 Å². The normalized spacial score (nSPS) is 24.7. The number of ether oxygens (including phenoxy) is 2. The van der Waals surface area contributed by atoms with E-state index in [9.17, 15) is 8.42 Å². The van der Waals surface area contributed by atoms with Gasteiger partial charge in [0.15, 0.2) is 0 Å². The zero-order valence-corrected chi connectivity index (χ0v) is 11.6. The first kappa shape index (κ1) is 14.2. The van der Waals surface area contributed by atoms with Crippen LogP contribution in [0.25, 0.3) is 0 Å². The summed E-state index contributed by atoms with van der Waals surface area (Å²) in [6.07, 6.45) is 2.15. The van der Waals surface area contributed by atoms with E-state index < -0.39 is 10.0 Å². The van der Waals surface area contributed by atoms with Crippen LogP contribution in [0.1, 0.15) is 0 Å². The molecule has 0 radical (unpaired) electrons. The number of sulfonamides is 1. The Balaban J connectivity index is 2.30. The van der Waals surface area contributed by atoms with Gasteiger partial charge in [0.2, 0.25) is 10.0 Å². The molecule has 2 N–H and O–H groups in total. The second kappa shape index (κ2) is 5.41. The van der Waals surface area contributed by atoms with Gasteiger partial charge in [-0.3, -0.25) is 4.98 Å². The lowest BCUT2D eigenvalue weighted by molar-refractivity contribution is -0.00461. The molecule has 1 aromatic heterocycles. The number of nitrogen functional groups attached to an aromatic ring is 1. The molecule has 2 unspecified atom stereocenters. The molecule has 0 bridgehead atoms. The summed E-state index contributed by atoms with van der Waals surface area (Å²) in [5.74, 6) is 0. The number of nitrogens with two attached hydrogens (primary N) is 1. The molecule has 2 atom stereocenters. The SMILES string of the molecule is COC1CN(S(=O)(=O)c2cnccc2N)CC1OC. The molecule has 19 heavy (non-hydrogen) atoms. The molecule has 2 rings (SSSR count). The smallest absolute Gasteiger partial charge is 0.246 e. The minimum Gasteiger partial charge on any atom is -0.398 e. The second-order valence-electron chi connectivity index (χ2n) is 4.28. The molecule has 0 amide bonds. The quantitative estimate of drug-likeness (QED) is 0.817. The van der Waals surface area contributed by atoms with E-state index in [1.54, 1.807) is 0 Å². The van der Waals surface area contributed by atoms with Crippen LogP contribution < -0.4 is 5.73 Å². The summed E-state index contributed by atoms with van der Waals surface area (Å²) in [5, 5.41) is 0. The number of aromatic nitrogens is 1. The first-order chi connectivity index (χ1) is 9.00. The van der Waals surface area contributed by atoms with Gasteiger partial charge >= 0.3 is 0 Å². The second-order valence-corrected chi connectivity index (χ2v) is 6.19. The molecule has 7 nitrogen and oxygen atoms in total. The van der Waals surface area contributed by atoms with Gasteiger partial charge in [-0.05, 0) is 6.07 Å². The van der Waals surface area contributed by atoms with E-state index in [2.05, 4.69) is 4.98 Å². The number of nitrogens with zero attached hydrogens (tertiary/aromatic N) is 2. The monoisotopic (exact) mass is 287 g/mol. The largest absolute Gasteiger partial charge is 0.398 e. The fourth-order valence-electron chi connectivity index (χ4n) is 2.11. The van der Waals surface area contributed by atoms with E-state index in [0.29, 0.717) is 0 Å². The van der Waals surface area contributed by atoms with E-state index in [1.807, 2.05) is 0 Å². The average molecular weight is 287 g/mol. The highest BCUT2D eigenvalue weighted by molar-refractivity contribution is 7.89. The average Bonchev–Trinajstić information content (AvgIpc) is 2.83. The first-order valence-corrected chi connectivity index (χ1v) is 7.20. The number of methoxy groups -OCH3 is 2. The predicted octanol–water partition coefficient (Wildman–Crippen LogP) is -0.302. The molecule has 0 saturated carbocycles. The van der Waals surface area contributed by atoms with Crippen LogP contribution in [0.4, 0.5) is 5.69 Å². The van der Waals surface area contributed by atoms with Gasteiger partial charge in [0.1, 0.15) is 4.90 Å². The number of anilines is 1. The Morgan fingerprint density at radius 2 is 1.89 bits per heavy atom. The van der Waals surface area contributed by atoms with Crippen molar-refractivity contribution in [1.82, 2.24) is 9.29 Å². The third-order valence-electron chi connectivity index (χ3n) is 3.22. The first-order valence-electron chi connectivity index (χ1n) is 5.76. The number of hydrogen-bond donors (Lipinski definition) is 1. The van der Waals surface area contributed by atoms with Crippen molar-refractivity contribution in [3.63, 3.8) is 0 Å². The van der Waals surface area contributed by atoms with E-state index in [0.717, 1.165) is 0 Å². The van der Waals surface area contributed by atoms with Gasteiger partial charge in [-0.2, -0.15) is 4.31 Å². The van der Waals surface area contributed by atoms with Crippen LogP contribution in [0.5, 0.6) is 0 Å². The Hall–Kier alpha value is -1.22. The van der Waals surface area contributed by atoms with Crippen LogP contribution in [0.15, 0.2) is 23.4 Å². The summed E-state index contributed by atoms with van der Waals surface area (Å²) in [4.78, 5) is 3.83. The van der Waals surface area contributed by atoms with Crippen molar-refractivity contribution in [3.8, 4) is 0 Å². The summed E-state index contributed by atoms with van der Waals surface area (Å²) in [5.41, 5.74) is 5.89. The van der Waals surface area contributed by atoms with Crippen molar-refractivity contribution in [3.05, 3.63) is 18.5 Å². The van der Waals surface area contributed by atoms with Crippen molar-refractivity contribution in [2.24, 2.45) is 0 Å². The van der Waals surface area contributed by atoms with E-state index in [1.165, 1.54) is 37.0 Å². The van der Waals surface area contributed by atoms with Crippen LogP contribution in [-0.4, -0.2) is 57.2 Å². The zero-order chi connectivity index (χ0) is 14.0. The maximum atomic E-state index is 12.5. The highest BCUT2D eigenvalue weighted by Crippen LogP contribution is 2.26. The Labute approximate surface area is 112 Å². The third-order valence-corrected chi connectivity index (χ3v) is 5.10. The van der Waals surface area contributed by atoms with Crippen LogP contribution in [0.3, 0.4) is 0 Å². The lowest BCUT2D eigenvalue weighted by Gasteiger charge is -2.16. The molecule has 0 aromatic carbocycles. The van der Waals surface area contributed by atoms with Crippen molar-refractivity contribution in [1.29, 1.82) is 0 Å². The molecule has 1 aliphatic rings. The number of rotatable bonds is 4. The van der Waals surface area contributed by atoms with Gasteiger partial charge in [0.05, 0.1) is 17.9 Å². The molecule has 106 valence electrons. The summed E-state index contributed by atoms with van der Waals surface area (Å²) in [7, 11) is -0.604. The van der Waals surface area contributed by atoms with Crippen molar-refractivity contribution in [2.45, 2.75) is 17.1 Å². The topological polar surface area (TPSA) is 94.8 Å². The van der Waals surface area contributed by atoms with E-state index in [-0.39, 0.29) is 35.9 Å². The van der Waals surface area contributed by atoms with Crippen molar-refractivity contribution >= 4 is 15.7 Å². The van der Waals surface area contributed by atoms with Crippen LogP contribution in [0, 0.1) is 0 Å². The standard InChI is InChI=1S/C11H17N3O4S/c1-17-9-6-14(7-10(9)18-2)19(15,16)11-5-13-4-3-8(11)12/h3-5,9-10H,6-7H2,1-2H3,(H2,12,13). The maximum Gasteiger partial charge on any atom is 0.246 e. The third kappa shape index (κ3) is 2.57. The molecular formula is C11H17N3O4S. The lowest BCUT2D eigenvalue weighted by atomic mass is 10.3. The Bertz CT molecular complexity index is 537. The summed E-state index contributed by atoms with van der Waals surface area (Å²) in [6.45, 7) is 0.483. The summed E-state index contributed by atoms with van der Waals surface area (Å²) in [6, 6.07) is 1.46. The molecule has 1 fully saturated rings.